The van der Waals surface area contributed by atoms with Gasteiger partial charge in [0, 0.05) is 0 Å². The van der Waals surface area contributed by atoms with Gasteiger partial charge in [-0.25, -0.2) is 8.42 Å². The first-order valence-corrected chi connectivity index (χ1v) is 8.93. The lowest BCUT2D eigenvalue weighted by Crippen LogP contribution is -2.50. The van der Waals surface area contributed by atoms with Gasteiger partial charge in [0.05, 0.1) is 16.1 Å². The Balaban J connectivity index is 1.91. The number of halogens is 2. The van der Waals surface area contributed by atoms with E-state index in [1.165, 1.54) is 18.2 Å². The summed E-state index contributed by atoms with van der Waals surface area (Å²) < 4.78 is 53.6. The maximum absolute atomic E-state index is 12.3. The maximum atomic E-state index is 12.3. The third-order valence-corrected chi connectivity index (χ3v) is 7.37. The van der Waals surface area contributed by atoms with Gasteiger partial charge in [-0.15, -0.1) is 0 Å². The minimum absolute atomic E-state index is 0.0282. The Kier molecular flexibility index (Phi) is 3.89. The van der Waals surface area contributed by atoms with Gasteiger partial charge in [0.25, 0.3) is 0 Å². The van der Waals surface area contributed by atoms with Crippen LogP contribution in [0.2, 0.25) is 0 Å². The van der Waals surface area contributed by atoms with Crippen molar-refractivity contribution in [3.63, 3.8) is 0 Å². The molecule has 2 unspecified atom stereocenters. The highest BCUT2D eigenvalue weighted by Crippen LogP contribution is 2.46. The molecule has 1 aromatic rings. The van der Waals surface area contributed by atoms with Crippen LogP contribution in [0, 0.1) is 0 Å². The summed E-state index contributed by atoms with van der Waals surface area (Å²) >= 11 is 0. The van der Waals surface area contributed by atoms with Crippen molar-refractivity contribution in [1.82, 2.24) is 0 Å². The van der Waals surface area contributed by atoms with Gasteiger partial charge in [0.15, 0.2) is 9.84 Å². The molecule has 0 radical (unpaired) electrons. The average molecular weight is 332 g/mol. The van der Waals surface area contributed by atoms with Crippen LogP contribution in [-0.2, 0) is 15.4 Å². The lowest BCUT2D eigenvalue weighted by Gasteiger charge is -2.44. The van der Waals surface area contributed by atoms with Crippen molar-refractivity contribution in [1.29, 1.82) is 0 Å². The molecular weight excluding hydrogens is 314 g/mol. The molecule has 0 saturated carbocycles. The number of alkyl halides is 2. The monoisotopic (exact) mass is 332 g/mol. The first-order valence-electron chi connectivity index (χ1n) is 7.32. The van der Waals surface area contributed by atoms with Crippen LogP contribution in [0.4, 0.5) is 8.78 Å². The number of ether oxygens (including phenoxy) is 1. The molecule has 0 spiro atoms. The van der Waals surface area contributed by atoms with Crippen LogP contribution in [0.25, 0.3) is 0 Å². The number of benzene rings is 1. The van der Waals surface area contributed by atoms with E-state index in [0.717, 1.165) is 6.42 Å². The number of fused-ring (bicyclic) bond motifs is 2. The van der Waals surface area contributed by atoms with Gasteiger partial charge < -0.3 is 9.84 Å². The SMILES string of the molecule is O=S1(=O)C2CCCC1CC(O)(c1cccc(OC(F)F)c1)C2. The summed E-state index contributed by atoms with van der Waals surface area (Å²) in [6, 6.07) is 5.93. The van der Waals surface area contributed by atoms with Gasteiger partial charge in [0.2, 0.25) is 0 Å². The van der Waals surface area contributed by atoms with E-state index in [9.17, 15) is 22.3 Å². The van der Waals surface area contributed by atoms with Crippen LogP contribution in [-0.4, -0.2) is 30.6 Å². The van der Waals surface area contributed by atoms with Crippen LogP contribution in [0.1, 0.15) is 37.7 Å². The van der Waals surface area contributed by atoms with Gasteiger partial charge in [-0.05, 0) is 43.4 Å². The van der Waals surface area contributed by atoms with Gasteiger partial charge in [0.1, 0.15) is 5.75 Å². The summed E-state index contributed by atoms with van der Waals surface area (Å²) in [5, 5.41) is 9.83. The Morgan fingerprint density at radius 1 is 1.23 bits per heavy atom. The van der Waals surface area contributed by atoms with Crippen molar-refractivity contribution < 1.29 is 27.0 Å². The molecule has 2 fully saturated rings. The molecule has 22 heavy (non-hydrogen) atoms. The van der Waals surface area contributed by atoms with Crippen molar-refractivity contribution in [3.05, 3.63) is 29.8 Å². The molecule has 2 heterocycles. The summed E-state index contributed by atoms with van der Waals surface area (Å²) in [5.74, 6) is -0.0282. The molecule has 2 bridgehead atoms. The fourth-order valence-corrected chi connectivity index (χ4v) is 6.20. The zero-order chi connectivity index (χ0) is 16.0. The van der Waals surface area contributed by atoms with E-state index in [-0.39, 0.29) is 18.6 Å². The van der Waals surface area contributed by atoms with E-state index in [2.05, 4.69) is 4.74 Å². The first kappa shape index (κ1) is 15.7. The van der Waals surface area contributed by atoms with Crippen molar-refractivity contribution in [3.8, 4) is 5.75 Å². The Morgan fingerprint density at radius 3 is 2.45 bits per heavy atom. The third-order valence-electron chi connectivity index (χ3n) is 4.71. The second kappa shape index (κ2) is 5.45. The number of sulfone groups is 1. The Bertz CT molecular complexity index is 639. The molecular formula is C15H18F2O4S. The fraction of sp³-hybridized carbons (Fsp3) is 0.600. The molecule has 3 rings (SSSR count). The van der Waals surface area contributed by atoms with Crippen LogP contribution in [0.5, 0.6) is 5.75 Å². The lowest BCUT2D eigenvalue weighted by atomic mass is 9.80. The summed E-state index contributed by atoms with van der Waals surface area (Å²) in [6.07, 6.45) is 2.18. The van der Waals surface area contributed by atoms with Gasteiger partial charge in [-0.1, -0.05) is 18.6 Å². The number of hydrogen-bond acceptors (Lipinski definition) is 4. The van der Waals surface area contributed by atoms with E-state index in [1.54, 1.807) is 6.07 Å². The molecule has 0 aliphatic carbocycles. The lowest BCUT2D eigenvalue weighted by molar-refractivity contribution is -0.0505. The fourth-order valence-electron chi connectivity index (χ4n) is 3.64. The highest BCUT2D eigenvalue weighted by atomic mass is 32.2. The number of aliphatic hydroxyl groups is 1. The highest BCUT2D eigenvalue weighted by molar-refractivity contribution is 7.92. The quantitative estimate of drug-likeness (QED) is 0.924. The Hall–Kier alpha value is -1.21. The summed E-state index contributed by atoms with van der Waals surface area (Å²) in [6.45, 7) is -2.93. The molecule has 122 valence electrons. The van der Waals surface area contributed by atoms with Crippen LogP contribution in [0.15, 0.2) is 24.3 Å². The van der Waals surface area contributed by atoms with Crippen LogP contribution < -0.4 is 4.74 Å². The number of rotatable bonds is 3. The predicted octanol–water partition coefficient (Wildman–Crippen LogP) is 2.61. The minimum Gasteiger partial charge on any atom is -0.435 e. The zero-order valence-electron chi connectivity index (χ0n) is 11.9. The zero-order valence-corrected chi connectivity index (χ0v) is 12.7. The average Bonchev–Trinajstić information content (AvgIpc) is 2.40. The summed E-state index contributed by atoms with van der Waals surface area (Å²) in [4.78, 5) is 0. The predicted molar refractivity (Wildman–Crippen MR) is 76.6 cm³/mol. The molecule has 2 aliphatic heterocycles. The Morgan fingerprint density at radius 2 is 1.86 bits per heavy atom. The maximum Gasteiger partial charge on any atom is 0.387 e. The van der Waals surface area contributed by atoms with Crippen LogP contribution >= 0.6 is 0 Å². The van der Waals surface area contributed by atoms with Gasteiger partial charge >= 0.3 is 6.61 Å². The van der Waals surface area contributed by atoms with Crippen molar-refractivity contribution in [2.45, 2.75) is 54.8 Å². The van der Waals surface area contributed by atoms with E-state index in [0.29, 0.717) is 18.4 Å². The molecule has 1 N–H and O–H groups in total. The molecule has 4 nitrogen and oxygen atoms in total. The van der Waals surface area contributed by atoms with Crippen molar-refractivity contribution >= 4 is 9.84 Å². The smallest absolute Gasteiger partial charge is 0.387 e. The largest absolute Gasteiger partial charge is 0.435 e. The summed E-state index contributed by atoms with van der Waals surface area (Å²) in [5.41, 5.74) is -0.861. The molecule has 2 aliphatic rings. The third kappa shape index (κ3) is 2.72. The second-order valence-electron chi connectivity index (χ2n) is 6.11. The number of hydrogen-bond donors (Lipinski definition) is 1. The molecule has 2 atom stereocenters. The highest BCUT2D eigenvalue weighted by Gasteiger charge is 2.50. The van der Waals surface area contributed by atoms with Crippen LogP contribution in [0.3, 0.4) is 0 Å². The molecule has 1 aromatic carbocycles. The first-order chi connectivity index (χ1) is 10.3. The molecule has 7 heteroatoms. The molecule has 2 saturated heterocycles. The van der Waals surface area contributed by atoms with Crippen molar-refractivity contribution in [2.24, 2.45) is 0 Å². The van der Waals surface area contributed by atoms with E-state index >= 15 is 0 Å². The van der Waals surface area contributed by atoms with E-state index < -0.39 is 32.5 Å². The topological polar surface area (TPSA) is 63.6 Å². The van der Waals surface area contributed by atoms with Gasteiger partial charge in [-0.2, -0.15) is 8.78 Å². The molecule has 0 aromatic heterocycles. The van der Waals surface area contributed by atoms with Crippen molar-refractivity contribution in [2.75, 3.05) is 0 Å². The Labute approximate surface area is 128 Å². The minimum atomic E-state index is -3.18. The normalized spacial score (nSPS) is 33.6. The van der Waals surface area contributed by atoms with E-state index in [1.807, 2.05) is 0 Å². The van der Waals surface area contributed by atoms with Gasteiger partial charge in [-0.3, -0.25) is 0 Å². The summed E-state index contributed by atoms with van der Waals surface area (Å²) in [7, 11) is -3.18. The van der Waals surface area contributed by atoms with E-state index in [4.69, 9.17) is 0 Å². The second-order valence-corrected chi connectivity index (χ2v) is 8.62. The molecule has 0 amide bonds. The standard InChI is InChI=1S/C15H18F2O4S/c16-14(17)21-11-4-1-3-10(7-11)15(18)8-12-5-2-6-13(9-15)22(12,19)20/h1,3-4,7,12-14,18H,2,5-6,8-9H2.